The molecule has 0 amide bonds. The minimum atomic E-state index is -0.607. The van der Waals surface area contributed by atoms with Gasteiger partial charge in [0.25, 0.3) is 0 Å². The number of carbonyl (C=O) groups excluding carboxylic acids is 1. The molecule has 0 N–H and O–H groups in total. The standard InChI is InChI=1S/C16H14BrFO3/c1-3-21-13-8-7-10(9-11(13)17)16(19)15-12(18)5-4-6-14(15)20-2/h4-9H,3H2,1-2H3. The van der Waals surface area contributed by atoms with Gasteiger partial charge in [-0.25, -0.2) is 4.39 Å². The van der Waals surface area contributed by atoms with Crippen molar-refractivity contribution in [3.05, 3.63) is 57.8 Å². The molecule has 0 saturated carbocycles. The van der Waals surface area contributed by atoms with E-state index in [0.717, 1.165) is 0 Å². The minimum absolute atomic E-state index is 0.0731. The fraction of sp³-hybridized carbons (Fsp3) is 0.188. The molecule has 0 aliphatic carbocycles. The van der Waals surface area contributed by atoms with Crippen molar-refractivity contribution in [2.24, 2.45) is 0 Å². The summed E-state index contributed by atoms with van der Waals surface area (Å²) in [6.45, 7) is 2.39. The van der Waals surface area contributed by atoms with E-state index in [1.54, 1.807) is 24.3 Å². The minimum Gasteiger partial charge on any atom is -0.496 e. The monoisotopic (exact) mass is 352 g/mol. The van der Waals surface area contributed by atoms with Gasteiger partial charge in [0, 0.05) is 5.56 Å². The average Bonchev–Trinajstić information content (AvgIpc) is 2.48. The van der Waals surface area contributed by atoms with Crippen molar-refractivity contribution in [2.45, 2.75) is 6.92 Å². The number of ketones is 1. The SMILES string of the molecule is CCOc1ccc(C(=O)c2c(F)cccc2OC)cc1Br. The lowest BCUT2D eigenvalue weighted by Gasteiger charge is -2.10. The zero-order valence-electron chi connectivity index (χ0n) is 11.7. The Kier molecular flexibility index (Phi) is 4.96. The molecule has 110 valence electrons. The first-order valence-corrected chi connectivity index (χ1v) is 7.17. The highest BCUT2D eigenvalue weighted by molar-refractivity contribution is 9.10. The van der Waals surface area contributed by atoms with Crippen LogP contribution in [-0.4, -0.2) is 19.5 Å². The lowest BCUT2D eigenvalue weighted by Crippen LogP contribution is -2.07. The largest absolute Gasteiger partial charge is 0.496 e. The van der Waals surface area contributed by atoms with E-state index in [1.165, 1.54) is 19.2 Å². The Morgan fingerprint density at radius 2 is 2.00 bits per heavy atom. The number of methoxy groups -OCH3 is 1. The maximum absolute atomic E-state index is 13.9. The van der Waals surface area contributed by atoms with Crippen LogP contribution in [0.15, 0.2) is 40.9 Å². The normalized spacial score (nSPS) is 10.3. The summed E-state index contributed by atoms with van der Waals surface area (Å²) in [4.78, 5) is 12.5. The van der Waals surface area contributed by atoms with Crippen LogP contribution in [0, 0.1) is 5.82 Å². The van der Waals surface area contributed by atoms with E-state index in [0.29, 0.717) is 22.4 Å². The third-order valence-electron chi connectivity index (χ3n) is 2.92. The molecule has 5 heteroatoms. The Morgan fingerprint density at radius 1 is 1.24 bits per heavy atom. The van der Waals surface area contributed by atoms with Crippen LogP contribution in [0.25, 0.3) is 0 Å². The van der Waals surface area contributed by atoms with E-state index < -0.39 is 11.6 Å². The van der Waals surface area contributed by atoms with Crippen molar-refractivity contribution >= 4 is 21.7 Å². The fourth-order valence-corrected chi connectivity index (χ4v) is 2.45. The topological polar surface area (TPSA) is 35.5 Å². The summed E-state index contributed by atoms with van der Waals surface area (Å²) in [6, 6.07) is 9.18. The molecule has 2 rings (SSSR count). The van der Waals surface area contributed by atoms with E-state index >= 15 is 0 Å². The molecule has 0 unspecified atom stereocenters. The van der Waals surface area contributed by atoms with Crippen LogP contribution in [0.4, 0.5) is 4.39 Å². The van der Waals surface area contributed by atoms with E-state index in [9.17, 15) is 9.18 Å². The van der Waals surface area contributed by atoms with Crippen LogP contribution in [-0.2, 0) is 0 Å². The van der Waals surface area contributed by atoms with E-state index in [4.69, 9.17) is 9.47 Å². The van der Waals surface area contributed by atoms with Gasteiger partial charge in [0.15, 0.2) is 5.78 Å². The van der Waals surface area contributed by atoms with Crippen molar-refractivity contribution in [2.75, 3.05) is 13.7 Å². The second-order valence-electron chi connectivity index (χ2n) is 4.22. The third-order valence-corrected chi connectivity index (χ3v) is 3.54. The lowest BCUT2D eigenvalue weighted by atomic mass is 10.0. The molecule has 2 aromatic carbocycles. The van der Waals surface area contributed by atoms with E-state index in [-0.39, 0.29) is 11.3 Å². The quantitative estimate of drug-likeness (QED) is 0.755. The predicted molar refractivity (Wildman–Crippen MR) is 81.7 cm³/mol. The maximum atomic E-state index is 13.9. The van der Waals surface area contributed by atoms with Gasteiger partial charge in [0.2, 0.25) is 0 Å². The van der Waals surface area contributed by atoms with Gasteiger partial charge in [-0.3, -0.25) is 4.79 Å². The summed E-state index contributed by atoms with van der Waals surface area (Å²) in [6.07, 6.45) is 0. The number of hydrogen-bond acceptors (Lipinski definition) is 3. The first kappa shape index (κ1) is 15.5. The smallest absolute Gasteiger partial charge is 0.199 e. The molecule has 3 nitrogen and oxygen atoms in total. The molecule has 0 aromatic heterocycles. The molecule has 0 spiro atoms. The van der Waals surface area contributed by atoms with Gasteiger partial charge in [-0.05, 0) is 53.2 Å². The van der Waals surface area contributed by atoms with Gasteiger partial charge in [0.05, 0.1) is 18.2 Å². The highest BCUT2D eigenvalue weighted by Gasteiger charge is 2.20. The van der Waals surface area contributed by atoms with E-state index in [1.807, 2.05) is 6.92 Å². The molecule has 0 atom stereocenters. The number of hydrogen-bond donors (Lipinski definition) is 0. The Bertz CT molecular complexity index is 671. The highest BCUT2D eigenvalue weighted by Crippen LogP contribution is 2.29. The van der Waals surface area contributed by atoms with Crippen molar-refractivity contribution in [3.63, 3.8) is 0 Å². The van der Waals surface area contributed by atoms with Crippen LogP contribution in [0.1, 0.15) is 22.8 Å². The Balaban J connectivity index is 2.43. The summed E-state index contributed by atoms with van der Waals surface area (Å²) in [7, 11) is 1.40. The molecule has 0 heterocycles. The molecular formula is C16H14BrFO3. The predicted octanol–water partition coefficient (Wildman–Crippen LogP) is 4.23. The van der Waals surface area contributed by atoms with Crippen molar-refractivity contribution in [3.8, 4) is 11.5 Å². The van der Waals surface area contributed by atoms with Crippen LogP contribution < -0.4 is 9.47 Å². The summed E-state index contributed by atoms with van der Waals surface area (Å²) in [5.41, 5.74) is 0.282. The van der Waals surface area contributed by atoms with Crippen LogP contribution >= 0.6 is 15.9 Å². The maximum Gasteiger partial charge on any atom is 0.199 e. The fourth-order valence-electron chi connectivity index (χ4n) is 1.95. The van der Waals surface area contributed by atoms with Crippen molar-refractivity contribution in [1.82, 2.24) is 0 Å². The van der Waals surface area contributed by atoms with E-state index in [2.05, 4.69) is 15.9 Å². The van der Waals surface area contributed by atoms with Gasteiger partial charge >= 0.3 is 0 Å². The summed E-state index contributed by atoms with van der Waals surface area (Å²) in [5, 5.41) is 0. The molecule has 0 aliphatic rings. The van der Waals surface area contributed by atoms with Crippen LogP contribution in [0.3, 0.4) is 0 Å². The first-order valence-electron chi connectivity index (χ1n) is 6.38. The molecule has 0 aliphatic heterocycles. The van der Waals surface area contributed by atoms with Gasteiger partial charge in [-0.2, -0.15) is 0 Å². The van der Waals surface area contributed by atoms with Gasteiger partial charge in [0.1, 0.15) is 22.9 Å². The summed E-state index contributed by atoms with van der Waals surface area (Å²) >= 11 is 3.34. The zero-order chi connectivity index (χ0) is 15.4. The molecule has 0 fully saturated rings. The number of rotatable bonds is 5. The second-order valence-corrected chi connectivity index (χ2v) is 5.08. The molecule has 0 radical (unpaired) electrons. The number of ether oxygens (including phenoxy) is 2. The second kappa shape index (κ2) is 6.72. The number of carbonyl (C=O) groups is 1. The average molecular weight is 353 g/mol. The van der Waals surface area contributed by atoms with Crippen molar-refractivity contribution < 1.29 is 18.7 Å². The zero-order valence-corrected chi connectivity index (χ0v) is 13.2. The van der Waals surface area contributed by atoms with Crippen molar-refractivity contribution in [1.29, 1.82) is 0 Å². The number of benzene rings is 2. The van der Waals surface area contributed by atoms with Gasteiger partial charge in [-0.15, -0.1) is 0 Å². The highest BCUT2D eigenvalue weighted by atomic mass is 79.9. The first-order chi connectivity index (χ1) is 10.1. The van der Waals surface area contributed by atoms with Crippen LogP contribution in [0.2, 0.25) is 0 Å². The van der Waals surface area contributed by atoms with Crippen LogP contribution in [0.5, 0.6) is 11.5 Å². The molecule has 21 heavy (non-hydrogen) atoms. The number of halogens is 2. The molecule has 2 aromatic rings. The van der Waals surface area contributed by atoms with Gasteiger partial charge in [-0.1, -0.05) is 6.07 Å². The molecular weight excluding hydrogens is 339 g/mol. The van der Waals surface area contributed by atoms with Gasteiger partial charge < -0.3 is 9.47 Å². The molecule has 0 bridgehead atoms. The molecule has 0 saturated heterocycles. The lowest BCUT2D eigenvalue weighted by molar-refractivity contribution is 0.103. The Morgan fingerprint density at radius 3 is 2.62 bits per heavy atom. The Hall–Kier alpha value is -1.88. The summed E-state index contributed by atoms with van der Waals surface area (Å²) in [5.74, 6) is -0.197. The third kappa shape index (κ3) is 3.24. The Labute approximate surface area is 130 Å². The summed E-state index contributed by atoms with van der Waals surface area (Å²) < 4.78 is 25.0.